The third-order valence-corrected chi connectivity index (χ3v) is 3.49. The van der Waals surface area contributed by atoms with Gasteiger partial charge in [0.2, 0.25) is 0 Å². The number of thiazole rings is 1. The molecule has 1 aromatic carbocycles. The summed E-state index contributed by atoms with van der Waals surface area (Å²) in [7, 11) is 2.07. The summed E-state index contributed by atoms with van der Waals surface area (Å²) in [5.41, 5.74) is 2.48. The first-order chi connectivity index (χ1) is 7.65. The lowest BCUT2D eigenvalue weighted by atomic mass is 10.2. The lowest BCUT2D eigenvalue weighted by Gasteiger charge is -2.18. The fourth-order valence-corrected chi connectivity index (χ4v) is 2.51. The van der Waals surface area contributed by atoms with Crippen LogP contribution in [-0.4, -0.2) is 12.0 Å². The van der Waals surface area contributed by atoms with Crippen LogP contribution in [0.5, 0.6) is 0 Å². The molecule has 0 radical (unpaired) electrons. The van der Waals surface area contributed by atoms with Crippen molar-refractivity contribution in [3.63, 3.8) is 0 Å². The van der Waals surface area contributed by atoms with E-state index in [1.165, 1.54) is 27.5 Å². The molecule has 0 amide bonds. The van der Waals surface area contributed by atoms with E-state index in [9.17, 15) is 0 Å². The zero-order valence-corrected chi connectivity index (χ0v) is 10.8. The zero-order chi connectivity index (χ0) is 11.5. The van der Waals surface area contributed by atoms with Gasteiger partial charge in [0.1, 0.15) is 0 Å². The average Bonchev–Trinajstić information content (AvgIpc) is 2.65. The van der Waals surface area contributed by atoms with Crippen LogP contribution in [0.2, 0.25) is 4.47 Å². The van der Waals surface area contributed by atoms with Gasteiger partial charge in [-0.2, -0.15) is 0 Å². The number of hydrogen-bond acceptors (Lipinski definition) is 3. The highest BCUT2D eigenvalue weighted by Gasteiger charge is 2.04. The fraction of sp³-hybridized carbons (Fsp3) is 0.250. The second kappa shape index (κ2) is 4.85. The van der Waals surface area contributed by atoms with Gasteiger partial charge in [0.25, 0.3) is 0 Å². The van der Waals surface area contributed by atoms with Crippen LogP contribution in [0.3, 0.4) is 0 Å². The molecule has 0 aliphatic rings. The van der Waals surface area contributed by atoms with Crippen LogP contribution in [0.15, 0.2) is 30.5 Å². The average molecular weight is 253 g/mol. The molecule has 0 fully saturated rings. The van der Waals surface area contributed by atoms with Crippen molar-refractivity contribution in [3.8, 4) is 0 Å². The monoisotopic (exact) mass is 252 g/mol. The third kappa shape index (κ3) is 2.74. The van der Waals surface area contributed by atoms with E-state index in [2.05, 4.69) is 48.1 Å². The normalized spacial score (nSPS) is 10.4. The lowest BCUT2D eigenvalue weighted by Crippen LogP contribution is -2.15. The molecule has 0 bridgehead atoms. The summed E-state index contributed by atoms with van der Waals surface area (Å²) >= 11 is 7.33. The van der Waals surface area contributed by atoms with Crippen LogP contribution in [0.1, 0.15) is 10.4 Å². The number of hydrogen-bond donors (Lipinski definition) is 0. The molecular weight excluding hydrogens is 240 g/mol. The number of aryl methyl sites for hydroxylation is 1. The molecule has 0 aliphatic heterocycles. The molecule has 1 heterocycles. The van der Waals surface area contributed by atoms with Crippen LogP contribution in [0, 0.1) is 6.92 Å². The highest BCUT2D eigenvalue weighted by molar-refractivity contribution is 7.15. The first kappa shape index (κ1) is 11.4. The minimum absolute atomic E-state index is 0.604. The fourth-order valence-electron chi connectivity index (χ4n) is 1.48. The standard InChI is InChI=1S/C12H13ClN2S/c1-9-3-5-10(6-4-9)15(2)8-11-7-14-12(13)16-11/h3-7H,8H2,1-2H3. The largest absolute Gasteiger partial charge is 0.369 e. The first-order valence-electron chi connectivity index (χ1n) is 5.03. The molecule has 0 saturated heterocycles. The summed E-state index contributed by atoms with van der Waals surface area (Å²) in [6, 6.07) is 8.48. The molecule has 2 rings (SSSR count). The molecule has 84 valence electrons. The summed E-state index contributed by atoms with van der Waals surface area (Å²) < 4.78 is 0.604. The summed E-state index contributed by atoms with van der Waals surface area (Å²) in [5.74, 6) is 0. The van der Waals surface area contributed by atoms with Crippen molar-refractivity contribution in [2.24, 2.45) is 0 Å². The van der Waals surface area contributed by atoms with E-state index in [1.54, 1.807) is 0 Å². The van der Waals surface area contributed by atoms with Crippen molar-refractivity contribution in [1.82, 2.24) is 4.98 Å². The Morgan fingerprint density at radius 1 is 1.31 bits per heavy atom. The van der Waals surface area contributed by atoms with E-state index < -0.39 is 0 Å². The second-order valence-electron chi connectivity index (χ2n) is 3.77. The molecule has 4 heteroatoms. The van der Waals surface area contributed by atoms with Gasteiger partial charge >= 0.3 is 0 Å². The molecule has 2 nitrogen and oxygen atoms in total. The number of halogens is 1. The molecular formula is C12H13ClN2S. The minimum atomic E-state index is 0.604. The molecule has 0 N–H and O–H groups in total. The van der Waals surface area contributed by atoms with Crippen molar-refractivity contribution in [2.45, 2.75) is 13.5 Å². The maximum atomic E-state index is 5.80. The van der Waals surface area contributed by atoms with Gasteiger partial charge in [-0.25, -0.2) is 4.98 Å². The Kier molecular flexibility index (Phi) is 3.46. The van der Waals surface area contributed by atoms with Gasteiger partial charge in [-0.3, -0.25) is 0 Å². The number of nitrogens with zero attached hydrogens (tertiary/aromatic N) is 2. The van der Waals surface area contributed by atoms with Gasteiger partial charge in [0, 0.05) is 23.8 Å². The van der Waals surface area contributed by atoms with Crippen molar-refractivity contribution in [2.75, 3.05) is 11.9 Å². The molecule has 0 spiro atoms. The van der Waals surface area contributed by atoms with Gasteiger partial charge in [0.05, 0.1) is 6.54 Å². The summed E-state index contributed by atoms with van der Waals surface area (Å²) in [5, 5.41) is 0. The predicted molar refractivity (Wildman–Crippen MR) is 70.4 cm³/mol. The van der Waals surface area contributed by atoms with E-state index in [4.69, 9.17) is 11.6 Å². The Morgan fingerprint density at radius 2 is 2.00 bits per heavy atom. The molecule has 0 saturated carbocycles. The Balaban J connectivity index is 2.08. The van der Waals surface area contributed by atoms with Gasteiger partial charge in [-0.05, 0) is 19.1 Å². The number of anilines is 1. The Labute approximate surface area is 105 Å². The van der Waals surface area contributed by atoms with Crippen LogP contribution in [0.25, 0.3) is 0 Å². The van der Waals surface area contributed by atoms with Gasteiger partial charge in [-0.1, -0.05) is 29.3 Å². The van der Waals surface area contributed by atoms with Crippen LogP contribution >= 0.6 is 22.9 Å². The van der Waals surface area contributed by atoms with Crippen LogP contribution < -0.4 is 4.90 Å². The summed E-state index contributed by atoms with van der Waals surface area (Å²) in [6.07, 6.45) is 1.83. The number of benzene rings is 1. The highest BCUT2D eigenvalue weighted by atomic mass is 35.5. The van der Waals surface area contributed by atoms with Crippen molar-refractivity contribution in [3.05, 3.63) is 45.4 Å². The van der Waals surface area contributed by atoms with Crippen molar-refractivity contribution in [1.29, 1.82) is 0 Å². The van der Waals surface area contributed by atoms with E-state index in [0.717, 1.165) is 6.54 Å². The van der Waals surface area contributed by atoms with Gasteiger partial charge in [-0.15, -0.1) is 11.3 Å². The molecule has 1 aromatic heterocycles. The Morgan fingerprint density at radius 3 is 2.56 bits per heavy atom. The first-order valence-corrected chi connectivity index (χ1v) is 6.22. The zero-order valence-electron chi connectivity index (χ0n) is 9.27. The van der Waals surface area contributed by atoms with Crippen molar-refractivity contribution >= 4 is 28.6 Å². The smallest absolute Gasteiger partial charge is 0.183 e. The predicted octanol–water partition coefficient (Wildman–Crippen LogP) is 3.74. The quantitative estimate of drug-likeness (QED) is 0.827. The third-order valence-electron chi connectivity index (χ3n) is 2.39. The number of aromatic nitrogens is 1. The van der Waals surface area contributed by atoms with E-state index in [-0.39, 0.29) is 0 Å². The van der Waals surface area contributed by atoms with Crippen LogP contribution in [0.4, 0.5) is 5.69 Å². The SMILES string of the molecule is Cc1ccc(N(C)Cc2cnc(Cl)s2)cc1. The van der Waals surface area contributed by atoms with Gasteiger partial charge in [0.15, 0.2) is 4.47 Å². The topological polar surface area (TPSA) is 16.1 Å². The maximum Gasteiger partial charge on any atom is 0.183 e. The maximum absolute atomic E-state index is 5.80. The highest BCUT2D eigenvalue weighted by Crippen LogP contribution is 2.21. The van der Waals surface area contributed by atoms with Gasteiger partial charge < -0.3 is 4.90 Å². The molecule has 0 atom stereocenters. The van der Waals surface area contributed by atoms with Crippen LogP contribution in [-0.2, 0) is 6.54 Å². The molecule has 0 unspecified atom stereocenters. The number of rotatable bonds is 3. The Bertz CT molecular complexity index is 464. The summed E-state index contributed by atoms with van der Waals surface area (Å²) in [6.45, 7) is 2.93. The van der Waals surface area contributed by atoms with E-state index >= 15 is 0 Å². The molecule has 16 heavy (non-hydrogen) atoms. The minimum Gasteiger partial charge on any atom is -0.369 e. The molecule has 2 aromatic rings. The molecule has 0 aliphatic carbocycles. The van der Waals surface area contributed by atoms with Crippen molar-refractivity contribution < 1.29 is 0 Å². The van der Waals surface area contributed by atoms with E-state index in [1.807, 2.05) is 6.20 Å². The lowest BCUT2D eigenvalue weighted by molar-refractivity contribution is 0.936. The summed E-state index contributed by atoms with van der Waals surface area (Å²) in [4.78, 5) is 7.39. The Hall–Kier alpha value is -1.06. The second-order valence-corrected chi connectivity index (χ2v) is 5.47. The van der Waals surface area contributed by atoms with E-state index in [0.29, 0.717) is 4.47 Å².